The Morgan fingerprint density at radius 1 is 1.02 bits per heavy atom. The molecule has 7 nitrogen and oxygen atoms in total. The second-order valence-corrected chi connectivity index (χ2v) is 12.8. The van der Waals surface area contributed by atoms with E-state index in [4.69, 9.17) is 20.8 Å². The second-order valence-electron chi connectivity index (χ2n) is 12.3. The number of rotatable bonds is 9. The van der Waals surface area contributed by atoms with Gasteiger partial charge in [-0.3, -0.25) is 14.4 Å². The molecule has 6 rings (SSSR count). The third kappa shape index (κ3) is 7.53. The predicted molar refractivity (Wildman–Crippen MR) is 180 cm³/mol. The molecule has 1 saturated carbocycles. The molecule has 1 saturated heterocycles. The van der Waals surface area contributed by atoms with Crippen LogP contribution in [0.25, 0.3) is 11.0 Å². The summed E-state index contributed by atoms with van der Waals surface area (Å²) in [5.41, 5.74) is 4.95. The van der Waals surface area contributed by atoms with Gasteiger partial charge in [0.1, 0.15) is 11.3 Å². The lowest BCUT2D eigenvalue weighted by Crippen LogP contribution is -2.36. The van der Waals surface area contributed by atoms with Gasteiger partial charge in [0.25, 0.3) is 5.91 Å². The van der Waals surface area contributed by atoms with Crippen LogP contribution >= 0.6 is 11.6 Å². The summed E-state index contributed by atoms with van der Waals surface area (Å²) >= 11 is 6.14. The monoisotopic (exact) mass is 638 g/mol. The molecule has 2 fully saturated rings. The molecule has 1 aliphatic heterocycles. The molecule has 1 aromatic heterocycles. The molecule has 0 bridgehead atoms. The highest BCUT2D eigenvalue weighted by Crippen LogP contribution is 2.37. The summed E-state index contributed by atoms with van der Waals surface area (Å²) in [5, 5.41) is 4.13. The molecule has 1 aliphatic carbocycles. The topological polar surface area (TPSA) is 88.8 Å². The molecule has 2 amide bonds. The van der Waals surface area contributed by atoms with Gasteiger partial charge >= 0.3 is 0 Å². The van der Waals surface area contributed by atoms with Crippen LogP contribution in [0.15, 0.2) is 93.7 Å². The summed E-state index contributed by atoms with van der Waals surface area (Å²) in [5.74, 6) is 0.743. The van der Waals surface area contributed by atoms with Gasteiger partial charge in [-0.2, -0.15) is 0 Å². The van der Waals surface area contributed by atoms with E-state index >= 15 is 0 Å². The van der Waals surface area contributed by atoms with Crippen molar-refractivity contribution in [2.45, 2.75) is 69.9 Å². The quantitative estimate of drug-likeness (QED) is 0.191. The average molecular weight is 639 g/mol. The van der Waals surface area contributed by atoms with Crippen molar-refractivity contribution in [2.24, 2.45) is 0 Å². The lowest BCUT2D eigenvalue weighted by molar-refractivity contribution is -0.133. The third-order valence-corrected chi connectivity index (χ3v) is 9.44. The number of hydrogen-bond acceptors (Lipinski definition) is 5. The van der Waals surface area contributed by atoms with Gasteiger partial charge in [-0.25, -0.2) is 0 Å². The molecular weight excluding hydrogens is 600 g/mol. The number of halogens is 1. The number of ether oxygens (including phenoxy) is 1. The first-order chi connectivity index (χ1) is 22.4. The first-order valence-corrected chi connectivity index (χ1v) is 16.5. The van der Waals surface area contributed by atoms with Crippen molar-refractivity contribution in [2.75, 3.05) is 13.7 Å². The van der Waals surface area contributed by atoms with Crippen LogP contribution in [0, 0.1) is 0 Å². The standard InChI is InChI=1S/C38H39ClN2O5/c1-45-31-17-18-35-33(22-31)34(42)23-36(46-35)38(44)40-30(21-26-11-15-29(39)16-12-26)20-25-9-13-27(14-10-25)32-7-3-2-6-28(32)24-41-19-5-4-8-37(41)43/h2-3,6-7,11-12,15-18,20,22-23,27,30H,4-5,8-10,13-14,19,21,24H2,1H3,(H,40,44)/t27?,30-/m0/s1. The predicted octanol–water partition coefficient (Wildman–Crippen LogP) is 7.59. The highest BCUT2D eigenvalue weighted by Gasteiger charge is 2.25. The van der Waals surface area contributed by atoms with Gasteiger partial charge in [0.05, 0.1) is 18.5 Å². The van der Waals surface area contributed by atoms with Gasteiger partial charge in [0.2, 0.25) is 5.91 Å². The van der Waals surface area contributed by atoms with Crippen molar-refractivity contribution in [1.82, 2.24) is 10.2 Å². The van der Waals surface area contributed by atoms with E-state index in [1.807, 2.05) is 29.2 Å². The summed E-state index contributed by atoms with van der Waals surface area (Å²) < 4.78 is 11.1. The molecule has 2 heterocycles. The fraction of sp³-hybridized carbons (Fsp3) is 0.342. The number of benzene rings is 3. The van der Waals surface area contributed by atoms with Gasteiger partial charge in [-0.15, -0.1) is 0 Å². The maximum Gasteiger partial charge on any atom is 0.287 e. The number of carbonyl (C=O) groups is 2. The molecule has 1 atom stereocenters. The number of likely N-dealkylation sites (tertiary alicyclic amines) is 1. The van der Waals surface area contributed by atoms with E-state index < -0.39 is 5.91 Å². The molecular formula is C38H39ClN2O5. The van der Waals surface area contributed by atoms with E-state index in [-0.39, 0.29) is 23.1 Å². The number of allylic oxidation sites excluding steroid dienone is 1. The van der Waals surface area contributed by atoms with E-state index in [9.17, 15) is 14.4 Å². The van der Waals surface area contributed by atoms with Gasteiger partial charge in [-0.05, 0) is 97.9 Å². The Balaban J connectivity index is 1.18. The smallest absolute Gasteiger partial charge is 0.287 e. The highest BCUT2D eigenvalue weighted by molar-refractivity contribution is 6.30. The summed E-state index contributed by atoms with van der Waals surface area (Å²) in [6.07, 6.45) is 9.28. The average Bonchev–Trinajstić information content (AvgIpc) is 3.07. The largest absolute Gasteiger partial charge is 0.497 e. The number of nitrogens with one attached hydrogen (secondary N) is 1. The molecule has 0 unspecified atom stereocenters. The maximum atomic E-state index is 13.5. The van der Waals surface area contributed by atoms with Crippen molar-refractivity contribution >= 4 is 34.4 Å². The Hall–Kier alpha value is -4.36. The number of nitrogens with zero attached hydrogens (tertiary/aromatic N) is 1. The number of amides is 2. The first-order valence-electron chi connectivity index (χ1n) is 16.1. The molecule has 1 N–H and O–H groups in total. The lowest BCUT2D eigenvalue weighted by Gasteiger charge is -2.31. The van der Waals surface area contributed by atoms with Gasteiger partial charge in [-0.1, -0.05) is 59.6 Å². The number of hydrogen-bond donors (Lipinski definition) is 1. The second kappa shape index (κ2) is 14.4. The van der Waals surface area contributed by atoms with Crippen LogP contribution in [-0.2, 0) is 17.8 Å². The normalized spacial score (nSPS) is 17.5. The molecule has 2 aliphatic rings. The maximum absolute atomic E-state index is 13.5. The molecule has 46 heavy (non-hydrogen) atoms. The van der Waals surface area contributed by atoms with Crippen LogP contribution in [0.2, 0.25) is 5.02 Å². The fourth-order valence-electron chi connectivity index (χ4n) is 6.70. The zero-order chi connectivity index (χ0) is 32.0. The van der Waals surface area contributed by atoms with E-state index in [0.29, 0.717) is 47.0 Å². The van der Waals surface area contributed by atoms with Crippen molar-refractivity contribution in [3.63, 3.8) is 0 Å². The Bertz CT molecular complexity index is 1800. The molecule has 238 valence electrons. The molecule has 4 aromatic rings. The van der Waals surface area contributed by atoms with Gasteiger partial charge in [0, 0.05) is 30.6 Å². The van der Waals surface area contributed by atoms with Crippen molar-refractivity contribution in [3.05, 3.63) is 122 Å². The fourth-order valence-corrected chi connectivity index (χ4v) is 6.83. The van der Waals surface area contributed by atoms with Crippen molar-refractivity contribution < 1.29 is 18.7 Å². The molecule has 3 aromatic carbocycles. The molecule has 8 heteroatoms. The lowest BCUT2D eigenvalue weighted by atomic mass is 9.79. The van der Waals surface area contributed by atoms with Gasteiger partial charge < -0.3 is 19.4 Å². The number of fused-ring (bicyclic) bond motifs is 1. The summed E-state index contributed by atoms with van der Waals surface area (Å²) in [6.45, 7) is 1.52. The van der Waals surface area contributed by atoms with Crippen molar-refractivity contribution in [1.29, 1.82) is 0 Å². The van der Waals surface area contributed by atoms with Crippen molar-refractivity contribution in [3.8, 4) is 5.75 Å². The zero-order valence-corrected chi connectivity index (χ0v) is 26.9. The van der Waals surface area contributed by atoms with E-state index in [0.717, 1.165) is 50.6 Å². The molecule has 0 spiro atoms. The zero-order valence-electron chi connectivity index (χ0n) is 26.1. The van der Waals surface area contributed by atoms with E-state index in [2.05, 4.69) is 35.7 Å². The van der Waals surface area contributed by atoms with Crippen LogP contribution < -0.4 is 15.5 Å². The Morgan fingerprint density at radius 2 is 1.80 bits per heavy atom. The third-order valence-electron chi connectivity index (χ3n) is 9.19. The minimum Gasteiger partial charge on any atom is -0.497 e. The number of carbonyl (C=O) groups excluding carboxylic acids is 2. The van der Waals surface area contributed by atoms with E-state index in [1.54, 1.807) is 18.2 Å². The van der Waals surface area contributed by atoms with E-state index in [1.165, 1.54) is 29.9 Å². The summed E-state index contributed by atoms with van der Waals surface area (Å²) in [4.78, 5) is 40.8. The van der Waals surface area contributed by atoms with Crippen LogP contribution in [0.1, 0.15) is 78.1 Å². The number of methoxy groups -OCH3 is 1. The first kappa shape index (κ1) is 31.6. The van der Waals surface area contributed by atoms with Crippen LogP contribution in [0.3, 0.4) is 0 Å². The van der Waals surface area contributed by atoms with Crippen LogP contribution in [0.4, 0.5) is 0 Å². The summed E-state index contributed by atoms with van der Waals surface area (Å²) in [7, 11) is 1.53. The Morgan fingerprint density at radius 3 is 2.57 bits per heavy atom. The highest BCUT2D eigenvalue weighted by atomic mass is 35.5. The van der Waals surface area contributed by atoms with Crippen LogP contribution in [-0.4, -0.2) is 36.4 Å². The Kier molecular flexibility index (Phi) is 9.88. The minimum atomic E-state index is -0.444. The van der Waals surface area contributed by atoms with Crippen LogP contribution in [0.5, 0.6) is 5.75 Å². The number of piperidine rings is 1. The SMILES string of the molecule is COc1ccc2oc(C(=O)N[C@@H](C=C3CCC(c4ccccc4CN4CCCCC4=O)CC3)Cc3ccc(Cl)cc3)cc(=O)c2c1. The molecule has 0 radical (unpaired) electrons. The minimum absolute atomic E-state index is 0.0327. The van der Waals surface area contributed by atoms with Gasteiger partial charge in [0.15, 0.2) is 11.2 Å². The summed E-state index contributed by atoms with van der Waals surface area (Å²) in [6, 6.07) is 22.1. The Labute approximate surface area is 274 Å².